The average molecular weight is 235 g/mol. The monoisotopic (exact) mass is 235 g/mol. The molecule has 0 radical (unpaired) electrons. The van der Waals surface area contributed by atoms with E-state index in [2.05, 4.69) is 44.3 Å². The smallest absolute Gasteiger partial charge is 0.0534 e. The first-order valence-corrected chi connectivity index (χ1v) is 6.69. The zero-order valence-corrected chi connectivity index (χ0v) is 11.5. The Hall–Kier alpha value is -0.830. The molecule has 3 nitrogen and oxygen atoms in total. The largest absolute Gasteiger partial charge is 0.312 e. The number of nitrogens with one attached hydrogen (secondary N) is 1. The fourth-order valence-corrected chi connectivity index (χ4v) is 3.12. The van der Waals surface area contributed by atoms with E-state index in [1.165, 1.54) is 18.4 Å². The summed E-state index contributed by atoms with van der Waals surface area (Å²) in [6.45, 7) is 11.2. The van der Waals surface area contributed by atoms with Gasteiger partial charge in [0.2, 0.25) is 0 Å². The lowest BCUT2D eigenvalue weighted by molar-refractivity contribution is 0.361. The van der Waals surface area contributed by atoms with Crippen molar-refractivity contribution in [1.29, 1.82) is 0 Å². The van der Waals surface area contributed by atoms with Crippen LogP contribution in [0.15, 0.2) is 12.4 Å². The van der Waals surface area contributed by atoms with Crippen molar-refractivity contribution < 1.29 is 0 Å². The zero-order valence-electron chi connectivity index (χ0n) is 11.5. The molecule has 0 spiro atoms. The summed E-state index contributed by atoms with van der Waals surface area (Å²) in [7, 11) is 0. The SMILES string of the molecule is Cc1cnn(CCNC2CC(C)(C)CC2C)c1. The van der Waals surface area contributed by atoms with Crippen LogP contribution in [0.2, 0.25) is 0 Å². The van der Waals surface area contributed by atoms with E-state index in [4.69, 9.17) is 0 Å². The number of hydrogen-bond donors (Lipinski definition) is 1. The number of hydrogen-bond acceptors (Lipinski definition) is 2. The lowest BCUT2D eigenvalue weighted by atomic mass is 9.91. The molecule has 1 saturated carbocycles. The highest BCUT2D eigenvalue weighted by Gasteiger charge is 2.35. The number of aryl methyl sites for hydroxylation is 1. The Kier molecular flexibility index (Phi) is 3.57. The molecule has 2 unspecified atom stereocenters. The van der Waals surface area contributed by atoms with Crippen LogP contribution in [0, 0.1) is 18.3 Å². The predicted molar refractivity (Wildman–Crippen MR) is 70.9 cm³/mol. The highest BCUT2D eigenvalue weighted by Crippen LogP contribution is 2.40. The highest BCUT2D eigenvalue weighted by atomic mass is 15.3. The van der Waals surface area contributed by atoms with Crippen LogP contribution in [0.3, 0.4) is 0 Å². The molecule has 0 bridgehead atoms. The Balaban J connectivity index is 1.76. The van der Waals surface area contributed by atoms with Gasteiger partial charge in [-0.2, -0.15) is 5.10 Å². The normalized spacial score (nSPS) is 27.5. The van der Waals surface area contributed by atoms with Gasteiger partial charge in [-0.1, -0.05) is 20.8 Å². The molecule has 0 saturated heterocycles. The minimum Gasteiger partial charge on any atom is -0.312 e. The first kappa shape index (κ1) is 12.6. The third kappa shape index (κ3) is 3.32. The lowest BCUT2D eigenvalue weighted by Crippen LogP contribution is -2.34. The van der Waals surface area contributed by atoms with Gasteiger partial charge in [-0.25, -0.2) is 0 Å². The molecule has 17 heavy (non-hydrogen) atoms. The molecule has 1 aliphatic carbocycles. The van der Waals surface area contributed by atoms with Gasteiger partial charge in [0.15, 0.2) is 0 Å². The van der Waals surface area contributed by atoms with Crippen LogP contribution >= 0.6 is 0 Å². The minimum atomic E-state index is 0.513. The Morgan fingerprint density at radius 2 is 2.24 bits per heavy atom. The molecule has 1 aromatic rings. The van der Waals surface area contributed by atoms with Crippen LogP contribution in [-0.2, 0) is 6.54 Å². The first-order valence-electron chi connectivity index (χ1n) is 6.69. The third-order valence-corrected chi connectivity index (χ3v) is 3.84. The van der Waals surface area contributed by atoms with E-state index in [0.29, 0.717) is 11.5 Å². The Labute approximate surface area is 105 Å². The summed E-state index contributed by atoms with van der Waals surface area (Å²) in [4.78, 5) is 0. The maximum Gasteiger partial charge on any atom is 0.0534 e. The molecule has 1 aromatic heterocycles. The average Bonchev–Trinajstić information content (AvgIpc) is 2.71. The molecule has 1 aliphatic rings. The van der Waals surface area contributed by atoms with Gasteiger partial charge in [-0.15, -0.1) is 0 Å². The van der Waals surface area contributed by atoms with Crippen molar-refractivity contribution in [2.24, 2.45) is 11.3 Å². The summed E-state index contributed by atoms with van der Waals surface area (Å²) in [5, 5.41) is 7.99. The summed E-state index contributed by atoms with van der Waals surface area (Å²) >= 11 is 0. The Morgan fingerprint density at radius 3 is 2.76 bits per heavy atom. The summed E-state index contributed by atoms with van der Waals surface area (Å²) in [5.74, 6) is 0.796. The van der Waals surface area contributed by atoms with Crippen molar-refractivity contribution in [2.75, 3.05) is 6.54 Å². The van der Waals surface area contributed by atoms with E-state index in [0.717, 1.165) is 19.0 Å². The topological polar surface area (TPSA) is 29.9 Å². The van der Waals surface area contributed by atoms with Gasteiger partial charge >= 0.3 is 0 Å². The van der Waals surface area contributed by atoms with E-state index in [-0.39, 0.29) is 0 Å². The van der Waals surface area contributed by atoms with Gasteiger partial charge in [-0.3, -0.25) is 4.68 Å². The quantitative estimate of drug-likeness (QED) is 0.869. The highest BCUT2D eigenvalue weighted by molar-refractivity contribution is 4.99. The van der Waals surface area contributed by atoms with E-state index in [1.807, 2.05) is 10.9 Å². The van der Waals surface area contributed by atoms with Gasteiger partial charge in [0.25, 0.3) is 0 Å². The molecule has 0 amide bonds. The predicted octanol–water partition coefficient (Wildman–Crippen LogP) is 2.61. The standard InChI is InChI=1S/C14H25N3/c1-11-9-16-17(10-11)6-5-15-13-8-14(3,4)7-12(13)2/h9-10,12-13,15H,5-8H2,1-4H3. The molecule has 96 valence electrons. The molecule has 1 fully saturated rings. The lowest BCUT2D eigenvalue weighted by Gasteiger charge is -2.18. The molecule has 1 heterocycles. The second-order valence-corrected chi connectivity index (χ2v) is 6.39. The van der Waals surface area contributed by atoms with E-state index >= 15 is 0 Å². The number of aromatic nitrogens is 2. The van der Waals surface area contributed by atoms with Crippen molar-refractivity contribution in [3.8, 4) is 0 Å². The zero-order chi connectivity index (χ0) is 12.5. The summed E-state index contributed by atoms with van der Waals surface area (Å²) in [6.07, 6.45) is 6.66. The van der Waals surface area contributed by atoms with Crippen LogP contribution < -0.4 is 5.32 Å². The fourth-order valence-electron chi connectivity index (χ4n) is 3.12. The second-order valence-electron chi connectivity index (χ2n) is 6.39. The van der Waals surface area contributed by atoms with Crippen molar-refractivity contribution in [2.45, 2.75) is 53.1 Å². The molecule has 0 aliphatic heterocycles. The summed E-state index contributed by atoms with van der Waals surface area (Å²) in [5.41, 5.74) is 1.75. The van der Waals surface area contributed by atoms with Gasteiger partial charge in [-0.05, 0) is 36.7 Å². The van der Waals surface area contributed by atoms with Crippen LogP contribution in [0.25, 0.3) is 0 Å². The number of nitrogens with zero attached hydrogens (tertiary/aromatic N) is 2. The number of rotatable bonds is 4. The summed E-state index contributed by atoms with van der Waals surface area (Å²) in [6, 6.07) is 0.682. The maximum absolute atomic E-state index is 4.30. The van der Waals surface area contributed by atoms with Gasteiger partial charge in [0.05, 0.1) is 12.7 Å². The molecule has 2 atom stereocenters. The molecular weight excluding hydrogens is 210 g/mol. The molecule has 2 rings (SSSR count). The first-order chi connectivity index (χ1) is 7.96. The van der Waals surface area contributed by atoms with Crippen LogP contribution in [0.4, 0.5) is 0 Å². The van der Waals surface area contributed by atoms with E-state index in [1.54, 1.807) is 0 Å². The van der Waals surface area contributed by atoms with E-state index < -0.39 is 0 Å². The van der Waals surface area contributed by atoms with Crippen molar-refractivity contribution in [3.63, 3.8) is 0 Å². The van der Waals surface area contributed by atoms with Crippen LogP contribution in [0.5, 0.6) is 0 Å². The van der Waals surface area contributed by atoms with Gasteiger partial charge in [0.1, 0.15) is 0 Å². The Morgan fingerprint density at radius 1 is 1.47 bits per heavy atom. The molecule has 0 aromatic carbocycles. The fraction of sp³-hybridized carbons (Fsp3) is 0.786. The van der Waals surface area contributed by atoms with Crippen LogP contribution in [-0.4, -0.2) is 22.4 Å². The Bertz CT molecular complexity index is 367. The molecule has 3 heteroatoms. The molecular formula is C14H25N3. The molecule has 1 N–H and O–H groups in total. The van der Waals surface area contributed by atoms with Gasteiger partial charge in [0, 0.05) is 18.8 Å². The van der Waals surface area contributed by atoms with Crippen LogP contribution in [0.1, 0.15) is 39.2 Å². The maximum atomic E-state index is 4.30. The summed E-state index contributed by atoms with van der Waals surface area (Å²) < 4.78 is 2.02. The van der Waals surface area contributed by atoms with E-state index in [9.17, 15) is 0 Å². The van der Waals surface area contributed by atoms with Crippen molar-refractivity contribution in [3.05, 3.63) is 18.0 Å². The minimum absolute atomic E-state index is 0.513. The van der Waals surface area contributed by atoms with Crippen molar-refractivity contribution in [1.82, 2.24) is 15.1 Å². The third-order valence-electron chi connectivity index (χ3n) is 3.84. The second kappa shape index (κ2) is 4.81. The van der Waals surface area contributed by atoms with Crippen molar-refractivity contribution >= 4 is 0 Å². The van der Waals surface area contributed by atoms with Gasteiger partial charge < -0.3 is 5.32 Å².